The normalized spacial score (nSPS) is 12.5. The van der Waals surface area contributed by atoms with E-state index in [0.717, 1.165) is 25.3 Å². The first-order valence-corrected chi connectivity index (χ1v) is 12.4. The molecule has 0 aliphatic carbocycles. The van der Waals surface area contributed by atoms with Crippen molar-refractivity contribution in [1.29, 1.82) is 0 Å². The third-order valence-corrected chi connectivity index (χ3v) is 5.50. The summed E-state index contributed by atoms with van der Waals surface area (Å²) < 4.78 is 35.7. The summed E-state index contributed by atoms with van der Waals surface area (Å²) in [5, 5.41) is 10.4. The standard InChI is InChI=1S/C21H38O7S.Na/c1-2-3-4-5-6-7-8-9-10-11-12-14-19(15-13-18-29(25,26)27)28-21(24)17-16-20(22)23;/h16-17,19H,2-15,18H2,1H3,(H,22,23)(H,25,26,27);/q;+1/p-1. The largest absolute Gasteiger partial charge is 1.00 e. The number of aliphatic carboxylic acids is 1. The first-order chi connectivity index (χ1) is 13.7. The van der Waals surface area contributed by atoms with Crippen molar-refractivity contribution in [2.24, 2.45) is 0 Å². The Hall–Kier alpha value is -0.410. The molecule has 9 heteroatoms. The van der Waals surface area contributed by atoms with Gasteiger partial charge < -0.3 is 14.6 Å². The van der Waals surface area contributed by atoms with E-state index >= 15 is 0 Å². The van der Waals surface area contributed by atoms with Gasteiger partial charge in [-0.25, -0.2) is 4.79 Å². The second-order valence-corrected chi connectivity index (χ2v) is 9.04. The number of hydrogen-bond donors (Lipinski definition) is 1. The quantitative estimate of drug-likeness (QED) is 0.0992. The molecule has 0 radical (unpaired) electrons. The third kappa shape index (κ3) is 23.9. The predicted octanol–water partition coefficient (Wildman–Crippen LogP) is 0.577. The van der Waals surface area contributed by atoms with Crippen molar-refractivity contribution in [3.8, 4) is 0 Å². The fourth-order valence-corrected chi connectivity index (χ4v) is 3.66. The van der Waals surface area contributed by atoms with E-state index in [4.69, 9.17) is 9.29 Å². The summed E-state index contributed by atoms with van der Waals surface area (Å²) in [5.41, 5.74) is 0. The smallest absolute Gasteiger partial charge is 0.545 e. The Kier molecular flexibility index (Phi) is 21.7. The summed E-state index contributed by atoms with van der Waals surface area (Å²) in [6.07, 6.45) is 15.0. The van der Waals surface area contributed by atoms with Crippen molar-refractivity contribution in [3.05, 3.63) is 12.2 Å². The second-order valence-electron chi connectivity index (χ2n) is 7.46. The molecule has 0 bridgehead atoms. The van der Waals surface area contributed by atoms with Gasteiger partial charge in [-0.3, -0.25) is 4.55 Å². The molecule has 0 heterocycles. The minimum Gasteiger partial charge on any atom is -0.545 e. The van der Waals surface area contributed by atoms with Crippen molar-refractivity contribution in [2.45, 2.75) is 103 Å². The summed E-state index contributed by atoms with van der Waals surface area (Å²) in [7, 11) is -4.06. The molecule has 30 heavy (non-hydrogen) atoms. The number of carbonyl (C=O) groups excluding carboxylic acids is 2. The molecule has 1 N–H and O–H groups in total. The Balaban J connectivity index is 0. The van der Waals surface area contributed by atoms with Crippen LogP contribution in [-0.2, 0) is 24.4 Å². The number of carboxylic acids is 1. The average Bonchev–Trinajstić information content (AvgIpc) is 2.63. The van der Waals surface area contributed by atoms with Crippen LogP contribution in [0, 0.1) is 0 Å². The first kappa shape index (κ1) is 31.8. The summed E-state index contributed by atoms with van der Waals surface area (Å²) in [6.45, 7) is 2.21. The second kappa shape index (κ2) is 20.5. The molecule has 0 fully saturated rings. The van der Waals surface area contributed by atoms with Crippen LogP contribution < -0.4 is 34.7 Å². The fraction of sp³-hybridized carbons (Fsp3) is 0.810. The van der Waals surface area contributed by atoms with E-state index in [-0.39, 0.29) is 36.0 Å². The van der Waals surface area contributed by atoms with Gasteiger partial charge in [-0.05, 0) is 31.8 Å². The maximum absolute atomic E-state index is 11.7. The molecule has 0 aliphatic heterocycles. The van der Waals surface area contributed by atoms with Crippen molar-refractivity contribution in [3.63, 3.8) is 0 Å². The molecule has 7 nitrogen and oxygen atoms in total. The van der Waals surface area contributed by atoms with Gasteiger partial charge in [0.05, 0.1) is 11.7 Å². The van der Waals surface area contributed by atoms with Crippen LogP contribution >= 0.6 is 0 Å². The number of hydrogen-bond acceptors (Lipinski definition) is 6. The number of esters is 1. The maximum atomic E-state index is 11.7. The molecule has 0 spiro atoms. The zero-order valence-corrected chi connectivity index (χ0v) is 21.5. The number of ether oxygens (including phenoxy) is 1. The van der Waals surface area contributed by atoms with Gasteiger partial charge in [0, 0.05) is 6.08 Å². The fourth-order valence-electron chi connectivity index (χ4n) is 3.13. The van der Waals surface area contributed by atoms with E-state index in [0.29, 0.717) is 18.9 Å². The molecule has 170 valence electrons. The molecule has 0 rings (SSSR count). The zero-order valence-electron chi connectivity index (χ0n) is 18.6. The molecule has 0 aromatic carbocycles. The molecule has 1 unspecified atom stereocenters. The van der Waals surface area contributed by atoms with Crippen molar-refractivity contribution >= 4 is 22.1 Å². The number of rotatable bonds is 19. The van der Waals surface area contributed by atoms with Crippen LogP contribution in [0.5, 0.6) is 0 Å². The molecule has 0 saturated heterocycles. The maximum Gasteiger partial charge on any atom is 1.00 e. The van der Waals surface area contributed by atoms with E-state index in [1.807, 2.05) is 0 Å². The molecule has 0 saturated carbocycles. The van der Waals surface area contributed by atoms with Gasteiger partial charge in [0.15, 0.2) is 0 Å². The van der Waals surface area contributed by atoms with Crippen molar-refractivity contribution in [2.75, 3.05) is 5.75 Å². The molecule has 0 amide bonds. The molecule has 0 aromatic heterocycles. The summed E-state index contributed by atoms with van der Waals surface area (Å²) >= 11 is 0. The van der Waals surface area contributed by atoms with Crippen molar-refractivity contribution < 1.29 is 62.0 Å². The monoisotopic (exact) mass is 456 g/mol. The molecule has 0 aromatic rings. The van der Waals surface area contributed by atoms with Crippen LogP contribution in [0.25, 0.3) is 0 Å². The van der Waals surface area contributed by atoms with Gasteiger partial charge in [-0.1, -0.05) is 71.1 Å². The van der Waals surface area contributed by atoms with Gasteiger partial charge in [-0.15, -0.1) is 0 Å². The Morgan fingerprint density at radius 3 is 1.80 bits per heavy atom. The van der Waals surface area contributed by atoms with Crippen LogP contribution in [0.2, 0.25) is 0 Å². The molecular formula is C21H37NaO7S. The number of unbranched alkanes of at least 4 members (excludes halogenated alkanes) is 10. The van der Waals surface area contributed by atoms with Crippen LogP contribution in [0.3, 0.4) is 0 Å². The zero-order chi connectivity index (χ0) is 22.0. The number of carbonyl (C=O) groups is 2. The first-order valence-electron chi connectivity index (χ1n) is 10.8. The van der Waals surface area contributed by atoms with Gasteiger partial charge in [0.1, 0.15) is 6.10 Å². The van der Waals surface area contributed by atoms with E-state index in [1.165, 1.54) is 51.4 Å². The third-order valence-electron chi connectivity index (χ3n) is 4.70. The van der Waals surface area contributed by atoms with Gasteiger partial charge in [-0.2, -0.15) is 8.42 Å². The predicted molar refractivity (Wildman–Crippen MR) is 111 cm³/mol. The average molecular weight is 457 g/mol. The topological polar surface area (TPSA) is 121 Å². The van der Waals surface area contributed by atoms with E-state index in [1.54, 1.807) is 0 Å². The van der Waals surface area contributed by atoms with Crippen LogP contribution in [0.15, 0.2) is 12.2 Å². The Morgan fingerprint density at radius 2 is 1.33 bits per heavy atom. The van der Waals surface area contributed by atoms with Gasteiger partial charge in [0.25, 0.3) is 10.1 Å². The molecule has 0 aliphatic rings. The van der Waals surface area contributed by atoms with Gasteiger partial charge in [0.2, 0.25) is 0 Å². The minimum absolute atomic E-state index is 0. The van der Waals surface area contributed by atoms with Crippen LogP contribution in [0.4, 0.5) is 0 Å². The van der Waals surface area contributed by atoms with Crippen LogP contribution in [-0.4, -0.2) is 36.8 Å². The summed E-state index contributed by atoms with van der Waals surface area (Å²) in [6, 6.07) is 0. The summed E-state index contributed by atoms with van der Waals surface area (Å²) in [5.74, 6) is -2.68. The van der Waals surface area contributed by atoms with Gasteiger partial charge >= 0.3 is 35.5 Å². The van der Waals surface area contributed by atoms with E-state index in [2.05, 4.69) is 6.92 Å². The summed E-state index contributed by atoms with van der Waals surface area (Å²) in [4.78, 5) is 22.0. The van der Waals surface area contributed by atoms with E-state index < -0.39 is 33.9 Å². The van der Waals surface area contributed by atoms with E-state index in [9.17, 15) is 23.1 Å². The number of carboxylic acid groups (broad SMARTS) is 1. The Morgan fingerprint density at radius 1 is 0.867 bits per heavy atom. The van der Waals surface area contributed by atoms with Crippen LogP contribution in [0.1, 0.15) is 96.8 Å². The Labute approximate surface area is 204 Å². The molecular weight excluding hydrogens is 419 g/mol. The van der Waals surface area contributed by atoms with Crippen molar-refractivity contribution in [1.82, 2.24) is 0 Å². The SMILES string of the molecule is CCCCCCCCCCCCCC(CCCS(=O)(=O)O)OC(=O)C=CC(=O)[O-].[Na+]. The Bertz CT molecular complexity index is 576. The molecule has 1 atom stereocenters. The minimum atomic E-state index is -4.06.